The first-order chi connectivity index (χ1) is 13.5. The first-order valence-electron chi connectivity index (χ1n) is 8.88. The van der Waals surface area contributed by atoms with Gasteiger partial charge in [-0.05, 0) is 55.0 Å². The SMILES string of the molecule is CCCOc1ccc(NC(=O)C[C@H]2SC(=Nc3ccc(Cl)cc3)NC2=O)cc1. The Labute approximate surface area is 172 Å². The minimum Gasteiger partial charge on any atom is -0.494 e. The van der Waals surface area contributed by atoms with Crippen molar-refractivity contribution in [3.05, 3.63) is 53.6 Å². The summed E-state index contributed by atoms with van der Waals surface area (Å²) in [5, 5.41) is 6.09. The first kappa shape index (κ1) is 20.2. The van der Waals surface area contributed by atoms with Gasteiger partial charge in [-0.15, -0.1) is 0 Å². The highest BCUT2D eigenvalue weighted by Crippen LogP contribution is 2.26. The van der Waals surface area contributed by atoms with Crippen molar-refractivity contribution >= 4 is 51.7 Å². The number of thioether (sulfide) groups is 1. The second kappa shape index (κ2) is 9.61. The van der Waals surface area contributed by atoms with Crippen LogP contribution in [-0.2, 0) is 9.59 Å². The van der Waals surface area contributed by atoms with Gasteiger partial charge in [-0.2, -0.15) is 0 Å². The summed E-state index contributed by atoms with van der Waals surface area (Å²) in [6, 6.07) is 14.1. The van der Waals surface area contributed by atoms with Gasteiger partial charge in [0.1, 0.15) is 11.0 Å². The molecule has 0 aromatic heterocycles. The van der Waals surface area contributed by atoms with Gasteiger partial charge in [0.25, 0.3) is 0 Å². The monoisotopic (exact) mass is 417 g/mol. The Hall–Kier alpha value is -2.51. The lowest BCUT2D eigenvalue weighted by atomic mass is 10.2. The van der Waals surface area contributed by atoms with E-state index in [2.05, 4.69) is 15.6 Å². The fourth-order valence-corrected chi connectivity index (χ4v) is 3.57. The smallest absolute Gasteiger partial charge is 0.240 e. The molecule has 6 nitrogen and oxygen atoms in total. The van der Waals surface area contributed by atoms with Crippen molar-refractivity contribution in [2.45, 2.75) is 25.0 Å². The molecule has 28 heavy (non-hydrogen) atoms. The molecule has 1 aliphatic heterocycles. The summed E-state index contributed by atoms with van der Waals surface area (Å²) in [6.45, 7) is 2.69. The highest BCUT2D eigenvalue weighted by atomic mass is 35.5. The van der Waals surface area contributed by atoms with E-state index in [1.807, 2.05) is 6.92 Å². The second-order valence-corrected chi connectivity index (χ2v) is 7.74. The van der Waals surface area contributed by atoms with Gasteiger partial charge in [-0.3, -0.25) is 9.59 Å². The fourth-order valence-electron chi connectivity index (χ4n) is 2.46. The Kier molecular flexibility index (Phi) is 6.95. The van der Waals surface area contributed by atoms with Gasteiger partial charge in [0.15, 0.2) is 5.17 Å². The third kappa shape index (κ3) is 5.74. The molecule has 8 heteroatoms. The molecule has 1 atom stereocenters. The molecular weight excluding hydrogens is 398 g/mol. The molecule has 2 N–H and O–H groups in total. The number of nitrogens with one attached hydrogen (secondary N) is 2. The molecule has 0 radical (unpaired) electrons. The van der Waals surface area contributed by atoms with E-state index >= 15 is 0 Å². The van der Waals surface area contributed by atoms with E-state index in [0.29, 0.717) is 28.2 Å². The number of carbonyl (C=O) groups excluding carboxylic acids is 2. The van der Waals surface area contributed by atoms with Gasteiger partial charge in [0.2, 0.25) is 11.8 Å². The number of ether oxygens (including phenoxy) is 1. The van der Waals surface area contributed by atoms with Crippen LogP contribution < -0.4 is 15.4 Å². The summed E-state index contributed by atoms with van der Waals surface area (Å²) in [4.78, 5) is 28.8. The number of carbonyl (C=O) groups is 2. The zero-order valence-electron chi connectivity index (χ0n) is 15.3. The van der Waals surface area contributed by atoms with Gasteiger partial charge in [-0.1, -0.05) is 30.3 Å². The van der Waals surface area contributed by atoms with E-state index < -0.39 is 5.25 Å². The number of aliphatic imine (C=N–C) groups is 1. The van der Waals surface area contributed by atoms with Crippen molar-refractivity contribution in [1.29, 1.82) is 0 Å². The zero-order valence-corrected chi connectivity index (χ0v) is 16.8. The number of anilines is 1. The maximum Gasteiger partial charge on any atom is 0.240 e. The summed E-state index contributed by atoms with van der Waals surface area (Å²) < 4.78 is 5.51. The molecule has 3 rings (SSSR count). The number of rotatable bonds is 7. The van der Waals surface area contributed by atoms with Crippen molar-refractivity contribution in [1.82, 2.24) is 5.32 Å². The Balaban J connectivity index is 1.54. The summed E-state index contributed by atoms with van der Waals surface area (Å²) in [6.07, 6.45) is 0.993. The lowest BCUT2D eigenvalue weighted by Crippen LogP contribution is -2.28. The van der Waals surface area contributed by atoms with Crippen molar-refractivity contribution < 1.29 is 14.3 Å². The van der Waals surface area contributed by atoms with Gasteiger partial charge in [0.05, 0.1) is 12.3 Å². The van der Waals surface area contributed by atoms with Gasteiger partial charge in [0, 0.05) is 17.1 Å². The highest BCUT2D eigenvalue weighted by Gasteiger charge is 2.32. The van der Waals surface area contributed by atoms with Crippen LogP contribution >= 0.6 is 23.4 Å². The Morgan fingerprint density at radius 1 is 1.21 bits per heavy atom. The Bertz CT molecular complexity index is 869. The van der Waals surface area contributed by atoms with E-state index in [1.54, 1.807) is 48.5 Å². The molecule has 146 valence electrons. The summed E-state index contributed by atoms with van der Waals surface area (Å²) in [7, 11) is 0. The van der Waals surface area contributed by atoms with Crippen LogP contribution in [0.1, 0.15) is 19.8 Å². The fraction of sp³-hybridized carbons (Fsp3) is 0.250. The number of benzene rings is 2. The van der Waals surface area contributed by atoms with Crippen LogP contribution in [-0.4, -0.2) is 28.8 Å². The normalized spacial score (nSPS) is 17.4. The summed E-state index contributed by atoms with van der Waals surface area (Å²) in [5.41, 5.74) is 1.34. The molecule has 0 bridgehead atoms. The van der Waals surface area contributed by atoms with Crippen molar-refractivity contribution in [3.63, 3.8) is 0 Å². The van der Waals surface area contributed by atoms with E-state index in [4.69, 9.17) is 16.3 Å². The second-order valence-electron chi connectivity index (χ2n) is 6.11. The van der Waals surface area contributed by atoms with Crippen LogP contribution in [0.4, 0.5) is 11.4 Å². The number of amidine groups is 1. The highest BCUT2D eigenvalue weighted by molar-refractivity contribution is 8.15. The molecule has 1 heterocycles. The molecular formula is C20H20ClN3O3S. The van der Waals surface area contributed by atoms with Crippen LogP contribution in [0.25, 0.3) is 0 Å². The maximum absolute atomic E-state index is 12.3. The average Bonchev–Trinajstić information content (AvgIpc) is 3.02. The molecule has 2 aromatic rings. The number of halogens is 1. The third-order valence-corrected chi connectivity index (χ3v) is 5.15. The number of hydrogen-bond donors (Lipinski definition) is 2. The van der Waals surface area contributed by atoms with Crippen LogP contribution in [0.2, 0.25) is 5.02 Å². The molecule has 0 spiro atoms. The lowest BCUT2D eigenvalue weighted by Gasteiger charge is -2.09. The number of hydrogen-bond acceptors (Lipinski definition) is 5. The van der Waals surface area contributed by atoms with Crippen LogP contribution in [0, 0.1) is 0 Å². The minimum atomic E-state index is -0.516. The quantitative estimate of drug-likeness (QED) is 0.700. The molecule has 2 aromatic carbocycles. The predicted octanol–water partition coefficient (Wildman–Crippen LogP) is 4.38. The van der Waals surface area contributed by atoms with Gasteiger partial charge < -0.3 is 15.4 Å². The van der Waals surface area contributed by atoms with E-state index in [9.17, 15) is 9.59 Å². The van der Waals surface area contributed by atoms with Crippen LogP contribution in [0.3, 0.4) is 0 Å². The molecule has 0 unspecified atom stereocenters. The average molecular weight is 418 g/mol. The van der Waals surface area contributed by atoms with E-state index in [-0.39, 0.29) is 18.2 Å². The first-order valence-corrected chi connectivity index (χ1v) is 10.1. The van der Waals surface area contributed by atoms with Crippen LogP contribution in [0.15, 0.2) is 53.5 Å². The largest absolute Gasteiger partial charge is 0.494 e. The number of amides is 2. The Morgan fingerprint density at radius 2 is 1.93 bits per heavy atom. The van der Waals surface area contributed by atoms with Gasteiger partial charge in [-0.25, -0.2) is 4.99 Å². The van der Waals surface area contributed by atoms with Crippen molar-refractivity contribution in [3.8, 4) is 5.75 Å². The molecule has 1 aliphatic rings. The lowest BCUT2D eigenvalue weighted by molar-refractivity contribution is -0.122. The summed E-state index contributed by atoms with van der Waals surface area (Å²) in [5.74, 6) is 0.299. The van der Waals surface area contributed by atoms with Crippen molar-refractivity contribution in [2.24, 2.45) is 4.99 Å². The summed E-state index contributed by atoms with van der Waals surface area (Å²) >= 11 is 7.10. The third-order valence-electron chi connectivity index (χ3n) is 3.82. The molecule has 1 fully saturated rings. The maximum atomic E-state index is 12.3. The minimum absolute atomic E-state index is 0.0597. The molecule has 1 saturated heterocycles. The zero-order chi connectivity index (χ0) is 19.9. The van der Waals surface area contributed by atoms with Gasteiger partial charge >= 0.3 is 0 Å². The van der Waals surface area contributed by atoms with Crippen molar-refractivity contribution in [2.75, 3.05) is 11.9 Å². The molecule has 0 saturated carbocycles. The van der Waals surface area contributed by atoms with E-state index in [0.717, 1.165) is 12.2 Å². The number of nitrogens with zero attached hydrogens (tertiary/aromatic N) is 1. The van der Waals surface area contributed by atoms with E-state index in [1.165, 1.54) is 11.8 Å². The molecule has 2 amide bonds. The topological polar surface area (TPSA) is 79.8 Å². The predicted molar refractivity (Wildman–Crippen MR) is 114 cm³/mol. The van der Waals surface area contributed by atoms with Crippen LogP contribution in [0.5, 0.6) is 5.75 Å². The molecule has 0 aliphatic carbocycles. The Morgan fingerprint density at radius 3 is 2.61 bits per heavy atom. The standard InChI is InChI=1S/C20H20ClN3O3S/c1-2-11-27-16-9-7-14(8-10-16)22-18(25)12-17-19(26)24-20(28-17)23-15-5-3-13(21)4-6-15/h3-10,17H,2,11-12H2,1H3,(H,22,25)(H,23,24,26)/t17-/m1/s1.